The van der Waals surface area contributed by atoms with Gasteiger partial charge >= 0.3 is 0 Å². The van der Waals surface area contributed by atoms with Crippen molar-refractivity contribution in [1.29, 1.82) is 0 Å². The summed E-state index contributed by atoms with van der Waals surface area (Å²) in [5, 5.41) is 4.05. The summed E-state index contributed by atoms with van der Waals surface area (Å²) in [6.45, 7) is 1.70. The molecule has 9 nitrogen and oxygen atoms in total. The largest absolute Gasteiger partial charge is 0.484 e. The predicted octanol–water partition coefficient (Wildman–Crippen LogP) is 0.982. The number of carbonyl (C=O) groups excluding carboxylic acids is 2. The number of aromatic nitrogens is 2. The molecule has 28 heavy (non-hydrogen) atoms. The molecule has 1 aromatic heterocycles. The third kappa shape index (κ3) is 6.47. The molecule has 2 amide bonds. The van der Waals surface area contributed by atoms with Crippen LogP contribution in [0.1, 0.15) is 18.2 Å². The summed E-state index contributed by atoms with van der Waals surface area (Å²) in [5.74, 6) is 0.0310. The Morgan fingerprint density at radius 1 is 1.21 bits per heavy atom. The number of aromatic amines is 2. The molecule has 0 bridgehead atoms. The minimum Gasteiger partial charge on any atom is -0.484 e. The Morgan fingerprint density at radius 3 is 2.50 bits per heavy atom. The highest BCUT2D eigenvalue weighted by atomic mass is 32.1. The van der Waals surface area contributed by atoms with Crippen LogP contribution in [0.2, 0.25) is 0 Å². The summed E-state index contributed by atoms with van der Waals surface area (Å²) in [7, 11) is 3.32. The Labute approximate surface area is 166 Å². The van der Waals surface area contributed by atoms with Gasteiger partial charge < -0.3 is 14.6 Å². The first kappa shape index (κ1) is 21.0. The molecule has 0 atom stereocenters. The molecule has 10 heteroatoms. The molecular weight excluding hydrogens is 382 g/mol. The average molecular weight is 403 g/mol. The van der Waals surface area contributed by atoms with Crippen molar-refractivity contribution in [1.82, 2.24) is 20.3 Å². The monoisotopic (exact) mass is 403 g/mol. The number of H-pyrrole nitrogens is 2. The number of nitrogens with one attached hydrogen (secondary N) is 3. The first-order valence-electron chi connectivity index (χ1n) is 8.33. The second-order valence-electron chi connectivity index (χ2n) is 6.12. The van der Waals surface area contributed by atoms with E-state index in [0.717, 1.165) is 5.56 Å². The van der Waals surface area contributed by atoms with E-state index in [-0.39, 0.29) is 29.3 Å². The van der Waals surface area contributed by atoms with Gasteiger partial charge in [0.1, 0.15) is 5.75 Å². The molecule has 0 aliphatic heterocycles. The zero-order valence-electron chi connectivity index (χ0n) is 15.7. The van der Waals surface area contributed by atoms with Crippen LogP contribution in [0, 0.1) is 4.77 Å². The Balaban J connectivity index is 1.93. The van der Waals surface area contributed by atoms with Gasteiger partial charge in [0, 0.05) is 25.9 Å². The highest BCUT2D eigenvalue weighted by Crippen LogP contribution is 2.13. The van der Waals surface area contributed by atoms with E-state index in [1.54, 1.807) is 45.3 Å². The van der Waals surface area contributed by atoms with Gasteiger partial charge in [-0.2, -0.15) is 5.10 Å². The minimum absolute atomic E-state index is 0.0409. The van der Waals surface area contributed by atoms with Gasteiger partial charge in [-0.15, -0.1) is 0 Å². The SMILES string of the molecule is C/C(=N/NC(=O)Cc1cc(=O)[nH]c(=S)[nH]1)c1ccc(OCC(=O)N(C)C)cc1. The Kier molecular flexibility index (Phi) is 7.21. The van der Waals surface area contributed by atoms with Gasteiger partial charge in [0.2, 0.25) is 5.91 Å². The van der Waals surface area contributed by atoms with E-state index < -0.39 is 5.91 Å². The molecule has 0 unspecified atom stereocenters. The summed E-state index contributed by atoms with van der Waals surface area (Å²) in [6.07, 6.45) is -0.0585. The summed E-state index contributed by atoms with van der Waals surface area (Å²) in [5.41, 5.74) is 3.82. The lowest BCUT2D eigenvalue weighted by molar-refractivity contribution is -0.130. The third-order valence-electron chi connectivity index (χ3n) is 3.65. The molecule has 0 aliphatic carbocycles. The number of carbonyl (C=O) groups is 2. The fourth-order valence-electron chi connectivity index (χ4n) is 2.10. The van der Waals surface area contributed by atoms with E-state index >= 15 is 0 Å². The number of ether oxygens (including phenoxy) is 1. The molecule has 2 rings (SSSR count). The normalized spacial score (nSPS) is 11.0. The highest BCUT2D eigenvalue weighted by Gasteiger charge is 2.07. The van der Waals surface area contributed by atoms with Crippen molar-refractivity contribution in [2.24, 2.45) is 5.10 Å². The fourth-order valence-corrected chi connectivity index (χ4v) is 2.34. The summed E-state index contributed by atoms with van der Waals surface area (Å²) in [4.78, 5) is 41.5. The van der Waals surface area contributed by atoms with Gasteiger partial charge in [0.25, 0.3) is 11.5 Å². The topological polar surface area (TPSA) is 120 Å². The van der Waals surface area contributed by atoms with Crippen LogP contribution in [-0.2, 0) is 16.0 Å². The standard InChI is InChI=1S/C18H21N5O4S/c1-11(12-4-6-14(7-5-12)27-10-17(26)23(2)3)21-22-16(25)9-13-8-15(24)20-18(28)19-13/h4-8H,9-10H2,1-3H3,(H,22,25)(H2,19,20,24,28)/b21-11-. The van der Waals surface area contributed by atoms with Crippen LogP contribution in [0.5, 0.6) is 5.75 Å². The number of likely N-dealkylation sites (N-methyl/N-ethyl adjacent to an activating group) is 1. The quantitative estimate of drug-likeness (QED) is 0.362. The van der Waals surface area contributed by atoms with Crippen molar-refractivity contribution in [3.63, 3.8) is 0 Å². The third-order valence-corrected chi connectivity index (χ3v) is 3.85. The minimum atomic E-state index is -0.391. The van der Waals surface area contributed by atoms with E-state index in [1.807, 2.05) is 0 Å². The number of hydrazone groups is 1. The van der Waals surface area contributed by atoms with Crippen molar-refractivity contribution in [2.75, 3.05) is 20.7 Å². The number of hydrogen-bond donors (Lipinski definition) is 3. The van der Waals surface area contributed by atoms with Crippen LogP contribution in [-0.4, -0.2) is 53.1 Å². The Morgan fingerprint density at radius 2 is 1.89 bits per heavy atom. The van der Waals surface area contributed by atoms with Gasteiger partial charge in [-0.25, -0.2) is 5.43 Å². The molecular formula is C18H21N5O4S. The number of amides is 2. The zero-order chi connectivity index (χ0) is 20.7. The Bertz CT molecular complexity index is 964. The van der Waals surface area contributed by atoms with Gasteiger partial charge in [0.05, 0.1) is 12.1 Å². The molecule has 3 N–H and O–H groups in total. The first-order chi connectivity index (χ1) is 13.2. The lowest BCUT2D eigenvalue weighted by Gasteiger charge is -2.11. The van der Waals surface area contributed by atoms with Gasteiger partial charge in [0.15, 0.2) is 11.4 Å². The lowest BCUT2D eigenvalue weighted by Crippen LogP contribution is -2.27. The fraction of sp³-hybridized carbons (Fsp3) is 0.278. The van der Waals surface area contributed by atoms with E-state index in [0.29, 0.717) is 17.2 Å². The van der Waals surface area contributed by atoms with Crippen molar-refractivity contribution >= 4 is 29.7 Å². The molecule has 0 saturated carbocycles. The van der Waals surface area contributed by atoms with Crippen LogP contribution < -0.4 is 15.7 Å². The summed E-state index contributed by atoms with van der Waals surface area (Å²) < 4.78 is 5.56. The second kappa shape index (κ2) is 9.60. The number of hydrogen-bond acceptors (Lipinski definition) is 6. The second-order valence-corrected chi connectivity index (χ2v) is 6.53. The molecule has 0 aliphatic rings. The van der Waals surface area contributed by atoms with Crippen LogP contribution in [0.25, 0.3) is 0 Å². The molecule has 1 aromatic carbocycles. The van der Waals surface area contributed by atoms with Crippen molar-refractivity contribution < 1.29 is 14.3 Å². The zero-order valence-corrected chi connectivity index (χ0v) is 16.6. The lowest BCUT2D eigenvalue weighted by atomic mass is 10.1. The molecule has 2 aromatic rings. The van der Waals surface area contributed by atoms with E-state index in [4.69, 9.17) is 17.0 Å². The van der Waals surface area contributed by atoms with Crippen molar-refractivity contribution in [2.45, 2.75) is 13.3 Å². The highest BCUT2D eigenvalue weighted by molar-refractivity contribution is 7.71. The number of benzene rings is 1. The summed E-state index contributed by atoms with van der Waals surface area (Å²) in [6, 6.07) is 8.25. The number of rotatable bonds is 7. The van der Waals surface area contributed by atoms with Crippen LogP contribution >= 0.6 is 12.2 Å². The van der Waals surface area contributed by atoms with Crippen LogP contribution in [0.3, 0.4) is 0 Å². The van der Waals surface area contributed by atoms with E-state index in [9.17, 15) is 14.4 Å². The summed E-state index contributed by atoms with van der Waals surface area (Å²) >= 11 is 4.86. The molecule has 1 heterocycles. The smallest absolute Gasteiger partial charge is 0.259 e. The number of nitrogens with zero attached hydrogens (tertiary/aromatic N) is 2. The van der Waals surface area contributed by atoms with Gasteiger partial charge in [-0.05, 0) is 49.0 Å². The van der Waals surface area contributed by atoms with Gasteiger partial charge in [-0.1, -0.05) is 0 Å². The maximum atomic E-state index is 12.0. The molecule has 0 saturated heterocycles. The van der Waals surface area contributed by atoms with Crippen molar-refractivity contribution in [3.8, 4) is 5.75 Å². The van der Waals surface area contributed by atoms with Crippen LogP contribution in [0.15, 0.2) is 40.2 Å². The van der Waals surface area contributed by atoms with E-state index in [1.165, 1.54) is 11.0 Å². The Hall–Kier alpha value is -3.27. The maximum absolute atomic E-state index is 12.0. The van der Waals surface area contributed by atoms with Crippen LogP contribution in [0.4, 0.5) is 0 Å². The molecule has 0 radical (unpaired) electrons. The predicted molar refractivity (Wildman–Crippen MR) is 107 cm³/mol. The maximum Gasteiger partial charge on any atom is 0.259 e. The molecule has 148 valence electrons. The molecule has 0 spiro atoms. The van der Waals surface area contributed by atoms with E-state index in [2.05, 4.69) is 20.5 Å². The van der Waals surface area contributed by atoms with Crippen molar-refractivity contribution in [3.05, 3.63) is 56.7 Å². The first-order valence-corrected chi connectivity index (χ1v) is 8.74. The van der Waals surface area contributed by atoms with Gasteiger partial charge in [-0.3, -0.25) is 19.4 Å². The molecule has 0 fully saturated rings. The average Bonchev–Trinajstić information content (AvgIpc) is 2.63.